The first kappa shape index (κ1) is 18.6. The molecule has 0 fully saturated rings. The van der Waals surface area contributed by atoms with Gasteiger partial charge in [-0.1, -0.05) is 72.3 Å². The summed E-state index contributed by atoms with van der Waals surface area (Å²) in [6, 6.07) is 22.6. The minimum atomic E-state index is 0.120. The zero-order chi connectivity index (χ0) is 21.2. The van der Waals surface area contributed by atoms with Crippen LogP contribution < -0.4 is 0 Å². The molecule has 4 bridgehead atoms. The summed E-state index contributed by atoms with van der Waals surface area (Å²) >= 11 is 0. The monoisotopic (exact) mass is 416 g/mol. The molecule has 0 saturated carbocycles. The standard InChI is InChI=1S/C31H28O/c32-31-26-4-2-1-3-25(26)30-27(31)18-16-23-15-17-24-21-11-9-19-5-7-20(8-6-19)10-12-22(14-13-21)28(24)29(23)30/h1-8,13-14,16,27,29-30H,9-12,15,17-18H2/t27-,29-,30-/m1/s1. The van der Waals surface area contributed by atoms with Crippen molar-refractivity contribution in [3.8, 4) is 0 Å². The predicted octanol–water partition coefficient (Wildman–Crippen LogP) is 6.53. The number of hydrogen-bond acceptors (Lipinski definition) is 1. The molecule has 0 saturated heterocycles. The van der Waals surface area contributed by atoms with Gasteiger partial charge in [-0.25, -0.2) is 0 Å². The van der Waals surface area contributed by atoms with Crippen molar-refractivity contribution in [2.75, 3.05) is 0 Å². The Morgan fingerprint density at radius 1 is 0.688 bits per heavy atom. The summed E-state index contributed by atoms with van der Waals surface area (Å²) in [4.78, 5) is 13.3. The van der Waals surface area contributed by atoms with Gasteiger partial charge in [0.15, 0.2) is 5.78 Å². The lowest BCUT2D eigenvalue weighted by molar-refractivity contribution is 0.0915. The van der Waals surface area contributed by atoms with Crippen molar-refractivity contribution in [2.45, 2.75) is 56.8 Å². The SMILES string of the molecule is O=C1c2ccccc2[C@H]2[C@@H]3C(=CC[C@@H]12)CCc1c2ccc(c13)CCc1ccc(cc1)CC2. The zero-order valence-corrected chi connectivity index (χ0v) is 18.4. The van der Waals surface area contributed by atoms with Crippen LogP contribution in [-0.4, -0.2) is 5.78 Å². The molecule has 0 amide bonds. The van der Waals surface area contributed by atoms with Gasteiger partial charge < -0.3 is 0 Å². The molecule has 158 valence electrons. The van der Waals surface area contributed by atoms with Crippen LogP contribution in [0.25, 0.3) is 0 Å². The third-order valence-electron chi connectivity index (χ3n) is 8.66. The second-order valence-corrected chi connectivity index (χ2v) is 10.2. The van der Waals surface area contributed by atoms with Gasteiger partial charge in [-0.05, 0) is 83.9 Å². The average molecular weight is 417 g/mol. The Hall–Kier alpha value is -2.93. The number of hydrogen-bond donors (Lipinski definition) is 0. The maximum atomic E-state index is 13.3. The van der Waals surface area contributed by atoms with E-state index in [9.17, 15) is 4.79 Å². The molecule has 0 aromatic heterocycles. The first-order valence-corrected chi connectivity index (χ1v) is 12.3. The number of fused-ring (bicyclic) bond motifs is 5. The average Bonchev–Trinajstić information content (AvgIpc) is 3.13. The topological polar surface area (TPSA) is 17.1 Å². The Kier molecular flexibility index (Phi) is 4.09. The summed E-state index contributed by atoms with van der Waals surface area (Å²) in [7, 11) is 0. The fraction of sp³-hybridized carbons (Fsp3) is 0.323. The lowest BCUT2D eigenvalue weighted by Gasteiger charge is -2.41. The van der Waals surface area contributed by atoms with Crippen molar-refractivity contribution in [1.29, 1.82) is 0 Å². The zero-order valence-electron chi connectivity index (χ0n) is 18.4. The van der Waals surface area contributed by atoms with E-state index in [0.717, 1.165) is 50.5 Å². The second-order valence-electron chi connectivity index (χ2n) is 10.2. The maximum absolute atomic E-state index is 13.3. The van der Waals surface area contributed by atoms with E-state index in [1.807, 2.05) is 6.07 Å². The summed E-state index contributed by atoms with van der Waals surface area (Å²) < 4.78 is 0. The van der Waals surface area contributed by atoms with E-state index in [1.54, 1.807) is 16.7 Å². The first-order valence-electron chi connectivity index (χ1n) is 12.3. The fourth-order valence-electron chi connectivity index (χ4n) is 7.11. The third kappa shape index (κ3) is 2.67. The van der Waals surface area contributed by atoms with Crippen LogP contribution >= 0.6 is 0 Å². The number of carbonyl (C=O) groups excluding carboxylic acids is 1. The Bertz CT molecular complexity index is 1280. The van der Waals surface area contributed by atoms with Crippen molar-refractivity contribution in [3.63, 3.8) is 0 Å². The van der Waals surface area contributed by atoms with Crippen LogP contribution in [0.3, 0.4) is 0 Å². The van der Waals surface area contributed by atoms with Gasteiger partial charge in [0.2, 0.25) is 0 Å². The predicted molar refractivity (Wildman–Crippen MR) is 128 cm³/mol. The number of Topliss-reactive ketones (excluding diaryl/α,β-unsaturated/α-hetero) is 1. The van der Waals surface area contributed by atoms with Crippen LogP contribution in [0.1, 0.15) is 74.0 Å². The molecule has 1 nitrogen and oxygen atoms in total. The first-order chi connectivity index (χ1) is 15.8. The number of ketones is 1. The van der Waals surface area contributed by atoms with E-state index in [1.165, 1.54) is 27.8 Å². The molecule has 7 aliphatic rings. The van der Waals surface area contributed by atoms with Crippen molar-refractivity contribution in [2.24, 2.45) is 5.92 Å². The Morgan fingerprint density at radius 3 is 2.22 bits per heavy atom. The molecule has 0 aliphatic heterocycles. The molecular weight excluding hydrogens is 388 g/mol. The molecule has 3 aromatic carbocycles. The molecule has 0 radical (unpaired) electrons. The lowest BCUT2D eigenvalue weighted by atomic mass is 9.62. The highest BCUT2D eigenvalue weighted by molar-refractivity contribution is 6.03. The van der Waals surface area contributed by atoms with Gasteiger partial charge in [0.1, 0.15) is 0 Å². The van der Waals surface area contributed by atoms with Crippen molar-refractivity contribution in [3.05, 3.63) is 117 Å². The molecule has 3 atom stereocenters. The molecule has 7 aliphatic carbocycles. The molecule has 3 aromatic rings. The molecule has 0 heterocycles. The van der Waals surface area contributed by atoms with Crippen LogP contribution in [0.4, 0.5) is 0 Å². The summed E-state index contributed by atoms with van der Waals surface area (Å²) in [5.41, 5.74) is 13.0. The minimum Gasteiger partial charge on any atom is -0.294 e. The molecule has 1 heteroatoms. The van der Waals surface area contributed by atoms with Gasteiger partial charge in [0, 0.05) is 23.3 Å². The van der Waals surface area contributed by atoms with Crippen LogP contribution in [0.2, 0.25) is 0 Å². The summed E-state index contributed by atoms with van der Waals surface area (Å²) in [5.74, 6) is 1.19. The van der Waals surface area contributed by atoms with Crippen LogP contribution in [-0.2, 0) is 32.1 Å². The summed E-state index contributed by atoms with van der Waals surface area (Å²) in [6.07, 6.45) is 10.0. The van der Waals surface area contributed by atoms with Gasteiger partial charge in [-0.2, -0.15) is 0 Å². The largest absolute Gasteiger partial charge is 0.294 e. The second kappa shape index (κ2) is 7.04. The van der Waals surface area contributed by atoms with E-state index in [4.69, 9.17) is 0 Å². The maximum Gasteiger partial charge on any atom is 0.167 e. The Morgan fingerprint density at radius 2 is 1.41 bits per heavy atom. The number of aryl methyl sites for hydroxylation is 4. The smallest absolute Gasteiger partial charge is 0.167 e. The van der Waals surface area contributed by atoms with Gasteiger partial charge in [-0.3, -0.25) is 4.79 Å². The summed E-state index contributed by atoms with van der Waals surface area (Å²) in [5, 5.41) is 0. The van der Waals surface area contributed by atoms with Crippen molar-refractivity contribution < 1.29 is 4.79 Å². The number of rotatable bonds is 0. The Balaban J connectivity index is 1.42. The third-order valence-corrected chi connectivity index (χ3v) is 8.66. The van der Waals surface area contributed by atoms with Crippen LogP contribution in [0, 0.1) is 5.92 Å². The van der Waals surface area contributed by atoms with Crippen LogP contribution in [0.5, 0.6) is 0 Å². The van der Waals surface area contributed by atoms with E-state index in [2.05, 4.69) is 60.7 Å². The van der Waals surface area contributed by atoms with Gasteiger partial charge in [-0.15, -0.1) is 0 Å². The van der Waals surface area contributed by atoms with Gasteiger partial charge in [0.05, 0.1) is 0 Å². The highest BCUT2D eigenvalue weighted by Gasteiger charge is 2.48. The Labute approximate surface area is 190 Å². The van der Waals surface area contributed by atoms with Crippen LogP contribution in [0.15, 0.2) is 72.3 Å². The summed E-state index contributed by atoms with van der Waals surface area (Å²) in [6.45, 7) is 0. The number of allylic oxidation sites excluding steroid dienone is 2. The fourth-order valence-corrected chi connectivity index (χ4v) is 7.11. The van der Waals surface area contributed by atoms with E-state index in [0.29, 0.717) is 17.6 Å². The van der Waals surface area contributed by atoms with E-state index < -0.39 is 0 Å². The van der Waals surface area contributed by atoms with Gasteiger partial charge in [0.25, 0.3) is 0 Å². The van der Waals surface area contributed by atoms with Gasteiger partial charge >= 0.3 is 0 Å². The highest BCUT2D eigenvalue weighted by atomic mass is 16.1. The van der Waals surface area contributed by atoms with Crippen molar-refractivity contribution >= 4 is 5.78 Å². The molecule has 0 spiro atoms. The van der Waals surface area contributed by atoms with E-state index in [-0.39, 0.29) is 5.92 Å². The highest BCUT2D eigenvalue weighted by Crippen LogP contribution is 2.57. The molecule has 0 N–H and O–H groups in total. The number of benzene rings is 3. The quantitative estimate of drug-likeness (QED) is 0.381. The minimum absolute atomic E-state index is 0.120. The molecule has 32 heavy (non-hydrogen) atoms. The number of carbonyl (C=O) groups is 1. The normalized spacial score (nSPS) is 25.2. The lowest BCUT2D eigenvalue weighted by Crippen LogP contribution is -2.29. The molecular formula is C31H28O. The molecule has 0 unspecified atom stereocenters. The van der Waals surface area contributed by atoms with Crippen molar-refractivity contribution in [1.82, 2.24) is 0 Å². The van der Waals surface area contributed by atoms with E-state index >= 15 is 0 Å². The molecule has 10 rings (SSSR count).